The first-order valence-corrected chi connectivity index (χ1v) is 9.63. The van der Waals surface area contributed by atoms with E-state index in [1.807, 2.05) is 22.4 Å². The lowest BCUT2D eigenvalue weighted by Gasteiger charge is -2.37. The number of thiophene rings is 1. The van der Waals surface area contributed by atoms with Crippen molar-refractivity contribution in [2.75, 3.05) is 18.0 Å². The van der Waals surface area contributed by atoms with E-state index < -0.39 is 11.7 Å². The predicted octanol–water partition coefficient (Wildman–Crippen LogP) is 4.13. The Balaban J connectivity index is 1.42. The second kappa shape index (κ2) is 6.55. The van der Waals surface area contributed by atoms with Crippen LogP contribution in [0.5, 0.6) is 0 Å². The van der Waals surface area contributed by atoms with Crippen LogP contribution in [0.1, 0.15) is 10.4 Å². The smallest absolute Gasteiger partial charge is 0.351 e. The highest BCUT2D eigenvalue weighted by Crippen LogP contribution is 2.39. The monoisotopic (exact) mass is 397 g/mol. The number of fused-ring (bicyclic) bond motifs is 1. The number of anilines is 1. The summed E-state index contributed by atoms with van der Waals surface area (Å²) in [5.41, 5.74) is -0.742. The van der Waals surface area contributed by atoms with Crippen LogP contribution in [0.25, 0.3) is 10.2 Å². The van der Waals surface area contributed by atoms with E-state index in [4.69, 9.17) is 0 Å². The molecule has 0 atom stereocenters. The van der Waals surface area contributed by atoms with Crippen molar-refractivity contribution in [3.63, 3.8) is 0 Å². The van der Waals surface area contributed by atoms with Gasteiger partial charge in [-0.3, -0.25) is 4.79 Å². The van der Waals surface area contributed by atoms with Gasteiger partial charge in [-0.2, -0.15) is 13.2 Å². The molecule has 26 heavy (non-hydrogen) atoms. The second-order valence-corrected chi connectivity index (χ2v) is 8.09. The van der Waals surface area contributed by atoms with Crippen LogP contribution < -0.4 is 10.2 Å². The molecule has 3 heterocycles. The van der Waals surface area contributed by atoms with Gasteiger partial charge in [-0.25, -0.2) is 4.98 Å². The number of amides is 1. The van der Waals surface area contributed by atoms with Crippen molar-refractivity contribution in [3.05, 3.63) is 46.2 Å². The van der Waals surface area contributed by atoms with Gasteiger partial charge in [-0.15, -0.1) is 11.3 Å². The van der Waals surface area contributed by atoms with E-state index in [0.717, 1.165) is 10.9 Å². The summed E-state index contributed by atoms with van der Waals surface area (Å²) < 4.78 is 39.8. The van der Waals surface area contributed by atoms with Crippen LogP contribution in [-0.4, -0.2) is 24.0 Å². The van der Waals surface area contributed by atoms with Crippen LogP contribution in [0.4, 0.5) is 18.3 Å². The van der Waals surface area contributed by atoms with Crippen molar-refractivity contribution in [2.24, 2.45) is 5.92 Å². The molecule has 9 heteroatoms. The number of hydrogen-bond acceptors (Lipinski definition) is 5. The van der Waals surface area contributed by atoms with Crippen molar-refractivity contribution in [1.29, 1.82) is 0 Å². The van der Waals surface area contributed by atoms with Crippen LogP contribution >= 0.6 is 22.7 Å². The molecular weight excluding hydrogens is 383 g/mol. The third kappa shape index (κ3) is 3.28. The van der Waals surface area contributed by atoms with E-state index in [9.17, 15) is 18.0 Å². The highest BCUT2D eigenvalue weighted by Gasteiger charge is 2.37. The van der Waals surface area contributed by atoms with Gasteiger partial charge in [0.2, 0.25) is 5.91 Å². The largest absolute Gasteiger partial charge is 0.418 e. The Bertz CT molecular complexity index is 931. The second-order valence-electron chi connectivity index (χ2n) is 6.05. The maximum absolute atomic E-state index is 13.1. The summed E-state index contributed by atoms with van der Waals surface area (Å²) in [5.74, 6) is -0.198. The third-order valence-corrected chi connectivity index (χ3v) is 6.21. The van der Waals surface area contributed by atoms with Gasteiger partial charge in [-0.05, 0) is 23.6 Å². The maximum Gasteiger partial charge on any atom is 0.418 e. The standard InChI is InChI=1S/C17H14F3N3OS2/c18-17(19,20)12-4-1-5-13-14(12)22-16(26-13)23-8-10(9-23)15(24)21-7-11-3-2-6-25-11/h1-6,10H,7-9H2,(H,21,24). The molecule has 0 aliphatic carbocycles. The number of nitrogens with one attached hydrogen (secondary N) is 1. The highest BCUT2D eigenvalue weighted by atomic mass is 32.1. The Kier molecular flexibility index (Phi) is 4.36. The summed E-state index contributed by atoms with van der Waals surface area (Å²) >= 11 is 2.80. The van der Waals surface area contributed by atoms with Gasteiger partial charge >= 0.3 is 6.18 Å². The Morgan fingerprint density at radius 3 is 2.77 bits per heavy atom. The number of carbonyl (C=O) groups excluding carboxylic acids is 1. The SMILES string of the molecule is O=C(NCc1cccs1)C1CN(c2nc3c(C(F)(F)F)cccc3s2)C1. The molecule has 0 unspecified atom stereocenters. The van der Waals surface area contributed by atoms with Gasteiger partial charge in [0.1, 0.15) is 0 Å². The quantitative estimate of drug-likeness (QED) is 0.720. The molecule has 4 rings (SSSR count). The van der Waals surface area contributed by atoms with Crippen LogP contribution in [-0.2, 0) is 17.5 Å². The average molecular weight is 397 g/mol. The van der Waals surface area contributed by atoms with E-state index in [1.54, 1.807) is 17.4 Å². The number of thiazole rings is 1. The molecule has 0 radical (unpaired) electrons. The fourth-order valence-electron chi connectivity index (χ4n) is 2.83. The number of benzene rings is 1. The highest BCUT2D eigenvalue weighted by molar-refractivity contribution is 7.22. The molecule has 3 aromatic rings. The van der Waals surface area contributed by atoms with Gasteiger partial charge in [0, 0.05) is 18.0 Å². The Hall–Kier alpha value is -2.13. The van der Waals surface area contributed by atoms with Crippen LogP contribution in [0.15, 0.2) is 35.7 Å². The normalized spacial score (nSPS) is 15.3. The summed E-state index contributed by atoms with van der Waals surface area (Å²) in [4.78, 5) is 19.3. The molecule has 136 valence electrons. The lowest BCUT2D eigenvalue weighted by molar-refractivity contribution is -0.136. The van der Waals surface area contributed by atoms with Gasteiger partial charge < -0.3 is 10.2 Å². The van der Waals surface area contributed by atoms with Crippen molar-refractivity contribution in [2.45, 2.75) is 12.7 Å². The number of halogens is 3. The fourth-order valence-corrected chi connectivity index (χ4v) is 4.49. The number of rotatable bonds is 4. The average Bonchev–Trinajstić information content (AvgIpc) is 3.19. The van der Waals surface area contributed by atoms with Crippen molar-refractivity contribution in [3.8, 4) is 0 Å². The van der Waals surface area contributed by atoms with E-state index in [1.165, 1.54) is 17.4 Å². The molecule has 4 nitrogen and oxygen atoms in total. The van der Waals surface area contributed by atoms with Crippen molar-refractivity contribution < 1.29 is 18.0 Å². The van der Waals surface area contributed by atoms with E-state index >= 15 is 0 Å². The lowest BCUT2D eigenvalue weighted by Crippen LogP contribution is -2.53. The minimum atomic E-state index is -4.43. The molecule has 1 amide bonds. The molecule has 1 aliphatic heterocycles. The van der Waals surface area contributed by atoms with Crippen LogP contribution in [0, 0.1) is 5.92 Å². The molecule has 1 N–H and O–H groups in total. The molecule has 1 saturated heterocycles. The molecule has 2 aromatic heterocycles. The fraction of sp³-hybridized carbons (Fsp3) is 0.294. The predicted molar refractivity (Wildman–Crippen MR) is 96.5 cm³/mol. The number of alkyl halides is 3. The number of para-hydroxylation sites is 1. The Labute approximate surface area is 155 Å². The van der Waals surface area contributed by atoms with Crippen molar-refractivity contribution in [1.82, 2.24) is 10.3 Å². The zero-order valence-corrected chi connectivity index (χ0v) is 15.0. The topological polar surface area (TPSA) is 45.2 Å². The summed E-state index contributed by atoms with van der Waals surface area (Å²) in [6.45, 7) is 1.44. The molecule has 0 saturated carbocycles. The lowest BCUT2D eigenvalue weighted by atomic mass is 10.0. The Morgan fingerprint density at radius 2 is 2.08 bits per heavy atom. The molecule has 0 bridgehead atoms. The van der Waals surface area contributed by atoms with Crippen molar-refractivity contribution >= 4 is 43.9 Å². The molecule has 1 aromatic carbocycles. The molecule has 1 fully saturated rings. The molecular formula is C17H14F3N3OS2. The first-order valence-electron chi connectivity index (χ1n) is 7.93. The summed E-state index contributed by atoms with van der Waals surface area (Å²) in [5, 5.41) is 5.37. The molecule has 1 aliphatic rings. The van der Waals surface area contributed by atoms with E-state index in [-0.39, 0.29) is 17.3 Å². The van der Waals surface area contributed by atoms with E-state index in [0.29, 0.717) is 29.5 Å². The zero-order valence-electron chi connectivity index (χ0n) is 13.4. The van der Waals surface area contributed by atoms with Gasteiger partial charge in [0.05, 0.1) is 28.2 Å². The summed E-state index contributed by atoms with van der Waals surface area (Å²) in [7, 11) is 0. The van der Waals surface area contributed by atoms with Gasteiger partial charge in [-0.1, -0.05) is 23.5 Å². The van der Waals surface area contributed by atoms with Gasteiger partial charge in [0.25, 0.3) is 0 Å². The maximum atomic E-state index is 13.1. The first-order chi connectivity index (χ1) is 12.4. The zero-order chi connectivity index (χ0) is 18.3. The first kappa shape index (κ1) is 17.3. The number of aromatic nitrogens is 1. The number of hydrogen-bond donors (Lipinski definition) is 1. The minimum absolute atomic E-state index is 0.0226. The Morgan fingerprint density at radius 1 is 1.27 bits per heavy atom. The minimum Gasteiger partial charge on any atom is -0.351 e. The van der Waals surface area contributed by atoms with Gasteiger partial charge in [0.15, 0.2) is 5.13 Å². The van der Waals surface area contributed by atoms with E-state index in [2.05, 4.69) is 10.3 Å². The van der Waals surface area contributed by atoms with Crippen LogP contribution in [0.2, 0.25) is 0 Å². The summed E-state index contributed by atoms with van der Waals surface area (Å²) in [6, 6.07) is 7.96. The number of carbonyl (C=O) groups is 1. The number of nitrogens with zero attached hydrogens (tertiary/aromatic N) is 2. The summed E-state index contributed by atoms with van der Waals surface area (Å²) in [6.07, 6.45) is -4.43. The third-order valence-electron chi connectivity index (χ3n) is 4.25. The van der Waals surface area contributed by atoms with Crippen LogP contribution in [0.3, 0.4) is 0 Å². The molecule has 0 spiro atoms.